The number of nitrogens with zero attached hydrogens (tertiary/aromatic N) is 1. The Balaban J connectivity index is 3.02. The highest BCUT2D eigenvalue weighted by molar-refractivity contribution is 6.01. The van der Waals surface area contributed by atoms with Crippen molar-refractivity contribution in [3.8, 4) is 5.75 Å². The van der Waals surface area contributed by atoms with Gasteiger partial charge in [-0.25, -0.2) is 4.79 Å². The fraction of sp³-hybridized carbons (Fsp3) is 0.467. The lowest BCUT2D eigenvalue weighted by Crippen LogP contribution is -2.52. The van der Waals surface area contributed by atoms with E-state index in [1.54, 1.807) is 59.1 Å². The Hall–Kier alpha value is -2.04. The van der Waals surface area contributed by atoms with E-state index in [1.807, 2.05) is 0 Å². The molecule has 1 amide bonds. The van der Waals surface area contributed by atoms with Crippen molar-refractivity contribution < 1.29 is 19.4 Å². The Morgan fingerprint density at radius 3 is 2.05 bits per heavy atom. The van der Waals surface area contributed by atoms with Crippen molar-refractivity contribution in [3.63, 3.8) is 0 Å². The van der Waals surface area contributed by atoms with Crippen LogP contribution in [0.1, 0.15) is 38.1 Å². The number of Topliss-reactive ketones (excluding diaryl/α,β-unsaturated/α-hetero) is 1. The van der Waals surface area contributed by atoms with Crippen molar-refractivity contribution in [2.24, 2.45) is 0 Å². The summed E-state index contributed by atoms with van der Waals surface area (Å²) in [5.41, 5.74) is -0.179. The quantitative estimate of drug-likeness (QED) is 0.860. The van der Waals surface area contributed by atoms with Crippen molar-refractivity contribution in [1.82, 2.24) is 4.90 Å². The van der Waals surface area contributed by atoms with Gasteiger partial charge in [-0.15, -0.1) is 0 Å². The van der Waals surface area contributed by atoms with Gasteiger partial charge in [0, 0.05) is 11.1 Å². The van der Waals surface area contributed by atoms with E-state index in [-0.39, 0.29) is 5.78 Å². The van der Waals surface area contributed by atoms with Gasteiger partial charge in [-0.1, -0.05) is 0 Å². The Bertz CT molecular complexity index is 488. The Labute approximate surface area is 119 Å². The third-order valence-corrected chi connectivity index (χ3v) is 3.07. The predicted octanol–water partition coefficient (Wildman–Crippen LogP) is 3.04. The van der Waals surface area contributed by atoms with Gasteiger partial charge in [-0.2, -0.15) is 0 Å². The molecular weight excluding hydrogens is 258 g/mol. The molecule has 0 saturated carbocycles. The van der Waals surface area contributed by atoms with Crippen molar-refractivity contribution in [2.45, 2.75) is 39.3 Å². The van der Waals surface area contributed by atoms with Gasteiger partial charge in [0.2, 0.25) is 0 Å². The monoisotopic (exact) mass is 279 g/mol. The Morgan fingerprint density at radius 1 is 1.20 bits per heavy atom. The third-order valence-electron chi connectivity index (χ3n) is 3.07. The van der Waals surface area contributed by atoms with Crippen molar-refractivity contribution >= 4 is 11.9 Å². The maximum Gasteiger partial charge on any atom is 0.408 e. The number of methoxy groups -OCH3 is 1. The zero-order valence-electron chi connectivity index (χ0n) is 12.5. The van der Waals surface area contributed by atoms with E-state index < -0.39 is 17.7 Å². The second-order valence-corrected chi connectivity index (χ2v) is 5.59. The lowest BCUT2D eigenvalue weighted by Gasteiger charge is -2.37. The standard InChI is InChI=1S/C15H21NO4/c1-10(16(14(18)19)15(2,3)4)13(17)11-6-8-12(20-5)9-7-11/h6-10H,1-5H3,(H,18,19). The molecule has 1 unspecified atom stereocenters. The lowest BCUT2D eigenvalue weighted by molar-refractivity contribution is 0.0589. The summed E-state index contributed by atoms with van der Waals surface area (Å²) in [7, 11) is 1.55. The van der Waals surface area contributed by atoms with E-state index in [1.165, 1.54) is 4.90 Å². The highest BCUT2D eigenvalue weighted by Gasteiger charge is 2.34. The maximum atomic E-state index is 12.4. The molecular formula is C15H21NO4. The van der Waals surface area contributed by atoms with Crippen LogP contribution in [0.5, 0.6) is 5.75 Å². The van der Waals surface area contributed by atoms with Crippen LogP contribution in [0.3, 0.4) is 0 Å². The summed E-state index contributed by atoms with van der Waals surface area (Å²) >= 11 is 0. The van der Waals surface area contributed by atoms with Crippen molar-refractivity contribution in [1.29, 1.82) is 0 Å². The van der Waals surface area contributed by atoms with E-state index in [0.717, 1.165) is 0 Å². The number of carbonyl (C=O) groups is 2. The van der Waals surface area contributed by atoms with Gasteiger partial charge in [-0.05, 0) is 52.0 Å². The summed E-state index contributed by atoms with van der Waals surface area (Å²) < 4.78 is 5.03. The number of hydrogen-bond acceptors (Lipinski definition) is 3. The van der Waals surface area contributed by atoms with E-state index in [4.69, 9.17) is 4.74 Å². The summed E-state index contributed by atoms with van der Waals surface area (Å²) in [6.07, 6.45) is -1.10. The van der Waals surface area contributed by atoms with Crippen LogP contribution in [0.2, 0.25) is 0 Å². The SMILES string of the molecule is COc1ccc(C(=O)C(C)N(C(=O)O)C(C)(C)C)cc1. The highest BCUT2D eigenvalue weighted by atomic mass is 16.5. The number of ether oxygens (including phenoxy) is 1. The van der Waals surface area contributed by atoms with Crippen LogP contribution in [-0.2, 0) is 0 Å². The minimum absolute atomic E-state index is 0.232. The average Bonchev–Trinajstić information content (AvgIpc) is 2.35. The molecule has 0 spiro atoms. The minimum atomic E-state index is -1.10. The molecule has 110 valence electrons. The maximum absolute atomic E-state index is 12.4. The topological polar surface area (TPSA) is 66.8 Å². The van der Waals surface area contributed by atoms with Crippen molar-refractivity contribution in [2.75, 3.05) is 7.11 Å². The molecule has 0 aliphatic heterocycles. The number of carboxylic acid groups (broad SMARTS) is 1. The molecule has 1 aromatic rings. The molecule has 0 aliphatic rings. The third kappa shape index (κ3) is 3.50. The van der Waals surface area contributed by atoms with Gasteiger partial charge in [0.15, 0.2) is 5.78 Å². The smallest absolute Gasteiger partial charge is 0.408 e. The van der Waals surface area contributed by atoms with Gasteiger partial charge < -0.3 is 9.84 Å². The first-order valence-corrected chi connectivity index (χ1v) is 6.39. The van der Waals surface area contributed by atoms with Crippen LogP contribution in [0.25, 0.3) is 0 Å². The second-order valence-electron chi connectivity index (χ2n) is 5.59. The fourth-order valence-electron chi connectivity index (χ4n) is 2.15. The fourth-order valence-corrected chi connectivity index (χ4v) is 2.15. The summed E-state index contributed by atoms with van der Waals surface area (Å²) in [6.45, 7) is 6.89. The largest absolute Gasteiger partial charge is 0.497 e. The first-order valence-electron chi connectivity index (χ1n) is 6.39. The molecule has 0 aromatic heterocycles. The van der Waals surface area contributed by atoms with Gasteiger partial charge in [0.05, 0.1) is 13.2 Å². The van der Waals surface area contributed by atoms with Crippen molar-refractivity contribution in [3.05, 3.63) is 29.8 Å². The molecule has 0 bridgehead atoms. The zero-order chi connectivity index (χ0) is 15.5. The van der Waals surface area contributed by atoms with E-state index in [9.17, 15) is 14.7 Å². The summed E-state index contributed by atoms with van der Waals surface area (Å²) in [5.74, 6) is 0.421. The molecule has 1 rings (SSSR count). The number of hydrogen-bond donors (Lipinski definition) is 1. The molecule has 0 radical (unpaired) electrons. The molecule has 20 heavy (non-hydrogen) atoms. The highest BCUT2D eigenvalue weighted by Crippen LogP contribution is 2.21. The molecule has 1 aromatic carbocycles. The molecule has 5 nitrogen and oxygen atoms in total. The zero-order valence-corrected chi connectivity index (χ0v) is 12.5. The number of rotatable bonds is 4. The molecule has 0 saturated heterocycles. The van der Waals surface area contributed by atoms with Gasteiger partial charge >= 0.3 is 6.09 Å². The van der Waals surface area contributed by atoms with Crippen LogP contribution < -0.4 is 4.74 Å². The first-order chi connectivity index (χ1) is 9.18. The summed E-state index contributed by atoms with van der Waals surface area (Å²) in [6, 6.07) is 5.89. The molecule has 1 atom stereocenters. The average molecular weight is 279 g/mol. The summed E-state index contributed by atoms with van der Waals surface area (Å²) in [5, 5.41) is 9.31. The molecule has 0 fully saturated rings. The van der Waals surface area contributed by atoms with E-state index >= 15 is 0 Å². The number of benzene rings is 1. The molecule has 0 aliphatic carbocycles. The Kier molecular flexibility index (Phi) is 4.76. The number of amides is 1. The van der Waals surface area contributed by atoms with Crippen LogP contribution in [0, 0.1) is 0 Å². The van der Waals surface area contributed by atoms with Gasteiger partial charge in [0.1, 0.15) is 5.75 Å². The van der Waals surface area contributed by atoms with Gasteiger partial charge in [0.25, 0.3) is 0 Å². The van der Waals surface area contributed by atoms with Crippen LogP contribution in [-0.4, -0.2) is 40.6 Å². The second kappa shape index (κ2) is 5.94. The number of carbonyl (C=O) groups excluding carboxylic acids is 1. The van der Waals surface area contributed by atoms with E-state index in [2.05, 4.69) is 0 Å². The summed E-state index contributed by atoms with van der Waals surface area (Å²) in [4.78, 5) is 24.9. The van der Waals surface area contributed by atoms with Crippen LogP contribution >= 0.6 is 0 Å². The Morgan fingerprint density at radius 2 is 1.70 bits per heavy atom. The van der Waals surface area contributed by atoms with Crippen LogP contribution in [0.4, 0.5) is 4.79 Å². The number of ketones is 1. The van der Waals surface area contributed by atoms with E-state index in [0.29, 0.717) is 11.3 Å². The first kappa shape index (κ1) is 16.0. The minimum Gasteiger partial charge on any atom is -0.497 e. The predicted molar refractivity (Wildman–Crippen MR) is 76.4 cm³/mol. The van der Waals surface area contributed by atoms with Gasteiger partial charge in [-0.3, -0.25) is 9.69 Å². The molecule has 0 heterocycles. The normalized spacial score (nSPS) is 12.7. The van der Waals surface area contributed by atoms with Crippen LogP contribution in [0.15, 0.2) is 24.3 Å². The lowest BCUT2D eigenvalue weighted by atomic mass is 9.98. The molecule has 5 heteroatoms. The molecule has 1 N–H and O–H groups in total.